The molecule has 0 nitrogen and oxygen atoms in total. The summed E-state index contributed by atoms with van der Waals surface area (Å²) in [5, 5.41) is 0. The number of halogens is 12. The van der Waals surface area contributed by atoms with Gasteiger partial charge in [0, 0.05) is 0 Å². The Morgan fingerprint density at radius 3 is 1.21 bits per heavy atom. The highest BCUT2D eigenvalue weighted by atomic mass is 19.4. The second-order valence-electron chi connectivity index (χ2n) is 3.11. The van der Waals surface area contributed by atoms with Crippen molar-refractivity contribution in [3.05, 3.63) is 11.7 Å². The second kappa shape index (κ2) is 4.78. The molecule has 0 aliphatic heterocycles. The van der Waals surface area contributed by atoms with Crippen LogP contribution in [0.2, 0.25) is 0 Å². The molecule has 0 heterocycles. The highest BCUT2D eigenvalue weighted by Crippen LogP contribution is 2.49. The molecule has 0 spiro atoms. The van der Waals surface area contributed by atoms with Crippen LogP contribution in [0.4, 0.5) is 52.7 Å². The predicted octanol–water partition coefficient (Wildman–Crippen LogP) is 4.57. The van der Waals surface area contributed by atoms with Gasteiger partial charge in [-0.05, 0) is 0 Å². The maximum atomic E-state index is 12.4. The average Bonchev–Trinajstić information content (AvgIpc) is 2.24. The highest BCUT2D eigenvalue weighted by Gasteiger charge is 2.68. The quantitative estimate of drug-likeness (QED) is 0.667. The zero-order valence-corrected chi connectivity index (χ0v) is 8.24. The summed E-state index contributed by atoms with van der Waals surface area (Å²) in [6.45, 7) is -3.31. The van der Waals surface area contributed by atoms with Crippen LogP contribution in [0.25, 0.3) is 0 Å². The third-order valence-electron chi connectivity index (χ3n) is 1.73. The van der Waals surface area contributed by atoms with E-state index in [-0.39, 0.29) is 0 Å². The molecule has 0 bridgehead atoms. The summed E-state index contributed by atoms with van der Waals surface area (Å²) in [5.74, 6) is -28.1. The molecule has 0 atom stereocenters. The molecule has 0 unspecified atom stereocenters. The van der Waals surface area contributed by atoms with E-state index in [1.165, 1.54) is 0 Å². The maximum Gasteiger partial charge on any atom is 0.460 e. The first-order chi connectivity index (χ1) is 8.13. The van der Waals surface area contributed by atoms with Gasteiger partial charge in [0.2, 0.25) is 11.7 Å². The smallest absolute Gasteiger partial charge is 0.244 e. The Morgan fingerprint density at radius 1 is 0.632 bits per heavy atom. The minimum Gasteiger partial charge on any atom is -0.244 e. The van der Waals surface area contributed by atoms with Gasteiger partial charge in [0.15, 0.2) is 6.67 Å². The molecule has 0 aliphatic rings. The Balaban J connectivity index is 5.87. The molecule has 0 aliphatic carbocycles. The number of allylic oxidation sites excluding steroid dienone is 2. The van der Waals surface area contributed by atoms with Crippen LogP contribution in [0.15, 0.2) is 11.7 Å². The lowest BCUT2D eigenvalue weighted by Gasteiger charge is -2.25. The van der Waals surface area contributed by atoms with E-state index in [9.17, 15) is 52.7 Å². The second-order valence-corrected chi connectivity index (χ2v) is 3.11. The largest absolute Gasteiger partial charge is 0.460 e. The van der Waals surface area contributed by atoms with E-state index in [1.54, 1.807) is 0 Å². The molecule has 0 fully saturated rings. The van der Waals surface area contributed by atoms with Crippen molar-refractivity contribution in [3.63, 3.8) is 0 Å². The van der Waals surface area contributed by atoms with Gasteiger partial charge < -0.3 is 0 Å². The normalized spacial score (nSPS) is 16.4. The summed E-state index contributed by atoms with van der Waals surface area (Å²) in [6, 6.07) is 0. The van der Waals surface area contributed by atoms with Gasteiger partial charge in [-0.2, -0.15) is 39.5 Å². The zero-order valence-electron chi connectivity index (χ0n) is 8.24. The van der Waals surface area contributed by atoms with Crippen LogP contribution in [0.1, 0.15) is 0 Å². The Morgan fingerprint density at radius 2 is 0.947 bits per heavy atom. The van der Waals surface area contributed by atoms with E-state index in [4.69, 9.17) is 0 Å². The maximum absolute atomic E-state index is 12.4. The van der Waals surface area contributed by atoms with Crippen LogP contribution < -0.4 is 0 Å². The SMILES string of the molecule is FCC(F)(F)C(F)(F)/C(F)=C(\F)C(F)(F)C(F)(F)F. The summed E-state index contributed by atoms with van der Waals surface area (Å²) >= 11 is 0. The van der Waals surface area contributed by atoms with E-state index >= 15 is 0 Å². The molecule has 0 radical (unpaired) electrons. The van der Waals surface area contributed by atoms with Crippen molar-refractivity contribution in [1.82, 2.24) is 0 Å². The summed E-state index contributed by atoms with van der Waals surface area (Å²) in [5.41, 5.74) is 0. The van der Waals surface area contributed by atoms with Crippen molar-refractivity contribution in [3.8, 4) is 0 Å². The van der Waals surface area contributed by atoms with Gasteiger partial charge in [-0.3, -0.25) is 0 Å². The molecule has 114 valence electrons. The summed E-state index contributed by atoms with van der Waals surface area (Å²) in [4.78, 5) is 0. The van der Waals surface area contributed by atoms with Crippen LogP contribution in [0, 0.1) is 0 Å². The van der Waals surface area contributed by atoms with Crippen molar-refractivity contribution in [2.45, 2.75) is 23.9 Å². The Labute approximate surface area is 96.2 Å². The van der Waals surface area contributed by atoms with Crippen LogP contribution in [0.5, 0.6) is 0 Å². The molecule has 0 rings (SSSR count). The molecule has 0 saturated heterocycles. The van der Waals surface area contributed by atoms with Crippen LogP contribution in [-0.2, 0) is 0 Å². The van der Waals surface area contributed by atoms with Crippen molar-refractivity contribution in [2.75, 3.05) is 6.67 Å². The first kappa shape index (κ1) is 17.9. The molecule has 0 amide bonds. The van der Waals surface area contributed by atoms with Gasteiger partial charge in [-0.25, -0.2) is 13.2 Å². The number of hydrogen-bond acceptors (Lipinski definition) is 0. The van der Waals surface area contributed by atoms with Crippen molar-refractivity contribution < 1.29 is 52.7 Å². The van der Waals surface area contributed by atoms with E-state index in [1.807, 2.05) is 0 Å². The predicted molar refractivity (Wildman–Crippen MR) is 36.1 cm³/mol. The minimum atomic E-state index is -6.84. The summed E-state index contributed by atoms with van der Waals surface area (Å²) in [6.07, 6.45) is -6.84. The van der Waals surface area contributed by atoms with Crippen molar-refractivity contribution >= 4 is 0 Å². The molecule has 0 N–H and O–H groups in total. The summed E-state index contributed by atoms with van der Waals surface area (Å²) in [7, 11) is 0. The Hall–Kier alpha value is -1.10. The van der Waals surface area contributed by atoms with Gasteiger partial charge in [-0.1, -0.05) is 0 Å². The fourth-order valence-corrected chi connectivity index (χ4v) is 0.645. The van der Waals surface area contributed by atoms with Crippen LogP contribution in [0.3, 0.4) is 0 Å². The van der Waals surface area contributed by atoms with Crippen molar-refractivity contribution in [1.29, 1.82) is 0 Å². The molecule has 0 aromatic heterocycles. The first-order valence-electron chi connectivity index (χ1n) is 3.95. The molecule has 0 aromatic rings. The first-order valence-corrected chi connectivity index (χ1v) is 3.95. The fourth-order valence-electron chi connectivity index (χ4n) is 0.645. The molecule has 0 aromatic carbocycles. The zero-order chi connectivity index (χ0) is 15.9. The van der Waals surface area contributed by atoms with E-state index in [0.29, 0.717) is 0 Å². The van der Waals surface area contributed by atoms with Gasteiger partial charge >= 0.3 is 23.9 Å². The van der Waals surface area contributed by atoms with E-state index in [0.717, 1.165) is 0 Å². The number of hydrogen-bond donors (Lipinski definition) is 0. The molecule has 0 saturated carbocycles. The molecule has 12 heteroatoms. The van der Waals surface area contributed by atoms with E-state index < -0.39 is 42.3 Å². The molecular formula is C7H2F12. The topological polar surface area (TPSA) is 0 Å². The lowest BCUT2D eigenvalue weighted by Crippen LogP contribution is -2.46. The van der Waals surface area contributed by atoms with Gasteiger partial charge in [-0.15, -0.1) is 0 Å². The van der Waals surface area contributed by atoms with Crippen molar-refractivity contribution in [2.24, 2.45) is 0 Å². The summed E-state index contributed by atoms with van der Waals surface area (Å²) < 4.78 is 144. The Bertz CT molecular complexity index is 361. The molecular weight excluding hydrogens is 312 g/mol. The van der Waals surface area contributed by atoms with Crippen LogP contribution >= 0.6 is 0 Å². The highest BCUT2D eigenvalue weighted by molar-refractivity contribution is 5.21. The lowest BCUT2D eigenvalue weighted by molar-refractivity contribution is -0.274. The minimum absolute atomic E-state index is 3.31. The third-order valence-corrected chi connectivity index (χ3v) is 1.73. The fraction of sp³-hybridized carbons (Fsp3) is 0.714. The van der Waals surface area contributed by atoms with Gasteiger partial charge in [0.1, 0.15) is 0 Å². The number of alkyl halides is 10. The number of rotatable bonds is 4. The Kier molecular flexibility index (Phi) is 4.50. The van der Waals surface area contributed by atoms with Gasteiger partial charge in [0.25, 0.3) is 0 Å². The van der Waals surface area contributed by atoms with Gasteiger partial charge in [0.05, 0.1) is 0 Å². The van der Waals surface area contributed by atoms with Crippen LogP contribution in [-0.4, -0.2) is 30.6 Å². The van der Waals surface area contributed by atoms with E-state index in [2.05, 4.69) is 0 Å². The third kappa shape index (κ3) is 2.91. The average molecular weight is 314 g/mol. The molecule has 19 heavy (non-hydrogen) atoms. The lowest BCUT2D eigenvalue weighted by atomic mass is 10.1. The monoisotopic (exact) mass is 314 g/mol. The standard InChI is InChI=1S/C7H2F12/c8-1-4(11,12)5(13,14)2(9)3(10)6(15,16)7(17,18)19/h1H2/b3-2+.